The molecule has 2 heterocycles. The number of sulfonamides is 1. The number of fused-ring (bicyclic) bond motifs is 1. The van der Waals surface area contributed by atoms with Crippen molar-refractivity contribution in [3.05, 3.63) is 69.4 Å². The van der Waals surface area contributed by atoms with Crippen LogP contribution < -0.4 is 4.90 Å². The summed E-state index contributed by atoms with van der Waals surface area (Å²) in [7, 11) is -3.75. The highest BCUT2D eigenvalue weighted by Crippen LogP contribution is 2.32. The smallest absolute Gasteiger partial charge is 0.294 e. The van der Waals surface area contributed by atoms with Gasteiger partial charge in [-0.15, -0.1) is 0 Å². The van der Waals surface area contributed by atoms with Crippen molar-refractivity contribution in [2.75, 3.05) is 31.1 Å². The molecule has 1 aromatic heterocycles. The van der Waals surface area contributed by atoms with Gasteiger partial charge in [0.05, 0.1) is 10.4 Å². The van der Waals surface area contributed by atoms with Crippen LogP contribution in [-0.4, -0.2) is 48.8 Å². The van der Waals surface area contributed by atoms with Crippen molar-refractivity contribution >= 4 is 43.9 Å². The Morgan fingerprint density at radius 1 is 1.10 bits per heavy atom. The molecule has 0 atom stereocenters. The number of aromatic nitrogens is 1. The molecular formula is C20H19ClN4O4S. The fourth-order valence-electron chi connectivity index (χ4n) is 3.67. The zero-order valence-corrected chi connectivity index (χ0v) is 17.7. The summed E-state index contributed by atoms with van der Waals surface area (Å²) in [4.78, 5) is 17.2. The molecule has 8 nitrogen and oxygen atoms in total. The van der Waals surface area contributed by atoms with E-state index in [9.17, 15) is 18.5 Å². The Morgan fingerprint density at radius 2 is 1.83 bits per heavy atom. The fourth-order valence-corrected chi connectivity index (χ4v) is 5.42. The minimum absolute atomic E-state index is 0.0903. The number of nitrogens with zero attached hydrogens (tertiary/aromatic N) is 4. The lowest BCUT2D eigenvalue weighted by Crippen LogP contribution is -2.48. The highest BCUT2D eigenvalue weighted by atomic mass is 35.5. The number of hydrogen-bond donors (Lipinski definition) is 0. The van der Waals surface area contributed by atoms with Gasteiger partial charge in [-0.05, 0) is 36.8 Å². The van der Waals surface area contributed by atoms with Gasteiger partial charge in [0.25, 0.3) is 5.69 Å². The lowest BCUT2D eigenvalue weighted by atomic mass is 10.2. The van der Waals surface area contributed by atoms with Gasteiger partial charge >= 0.3 is 0 Å². The van der Waals surface area contributed by atoms with E-state index in [-0.39, 0.29) is 28.7 Å². The van der Waals surface area contributed by atoms with Crippen molar-refractivity contribution in [1.82, 2.24) is 9.29 Å². The summed E-state index contributed by atoms with van der Waals surface area (Å²) in [5.41, 5.74) is 1.74. The van der Waals surface area contributed by atoms with Crippen molar-refractivity contribution < 1.29 is 13.3 Å². The lowest BCUT2D eigenvalue weighted by Gasteiger charge is -2.35. The third-order valence-electron chi connectivity index (χ3n) is 5.14. The summed E-state index contributed by atoms with van der Waals surface area (Å²) >= 11 is 5.89. The summed E-state index contributed by atoms with van der Waals surface area (Å²) in [6.07, 6.45) is 1.65. The Morgan fingerprint density at radius 3 is 2.53 bits per heavy atom. The Hall–Kier alpha value is -2.75. The summed E-state index contributed by atoms with van der Waals surface area (Å²) in [5.74, 6) is 0. The highest BCUT2D eigenvalue weighted by molar-refractivity contribution is 7.89. The van der Waals surface area contributed by atoms with Crippen LogP contribution in [0.15, 0.2) is 53.6 Å². The molecule has 0 aliphatic carbocycles. The summed E-state index contributed by atoms with van der Waals surface area (Å²) in [6, 6.07) is 11.5. The van der Waals surface area contributed by atoms with Gasteiger partial charge in [0, 0.05) is 48.9 Å². The minimum atomic E-state index is -3.75. The molecule has 0 N–H and O–H groups in total. The Kier molecular flexibility index (Phi) is 5.35. The van der Waals surface area contributed by atoms with E-state index in [1.807, 2.05) is 24.0 Å². The van der Waals surface area contributed by atoms with Crippen molar-refractivity contribution in [2.24, 2.45) is 0 Å². The number of piperazine rings is 1. The Labute approximate surface area is 178 Å². The van der Waals surface area contributed by atoms with Gasteiger partial charge in [-0.25, -0.2) is 8.42 Å². The van der Waals surface area contributed by atoms with Gasteiger partial charge in [0.1, 0.15) is 10.6 Å². The number of rotatable bonds is 4. The average Bonchev–Trinajstić information content (AvgIpc) is 2.73. The van der Waals surface area contributed by atoms with E-state index in [2.05, 4.69) is 4.98 Å². The molecule has 0 bridgehead atoms. The minimum Gasteiger partial charge on any atom is -0.363 e. The van der Waals surface area contributed by atoms with Crippen molar-refractivity contribution in [3.8, 4) is 0 Å². The van der Waals surface area contributed by atoms with Gasteiger partial charge in [-0.2, -0.15) is 4.31 Å². The summed E-state index contributed by atoms with van der Waals surface area (Å²) < 4.78 is 28.0. The number of nitro benzene ring substituents is 1. The number of pyridine rings is 1. The van der Waals surface area contributed by atoms with Gasteiger partial charge in [-0.3, -0.25) is 15.1 Å². The van der Waals surface area contributed by atoms with Crippen LogP contribution in [0.3, 0.4) is 0 Å². The number of para-hydroxylation sites is 1. The quantitative estimate of drug-likeness (QED) is 0.448. The van der Waals surface area contributed by atoms with Crippen LogP contribution >= 0.6 is 11.6 Å². The van der Waals surface area contributed by atoms with E-state index in [0.717, 1.165) is 10.9 Å². The van der Waals surface area contributed by atoms with E-state index in [1.165, 1.54) is 10.4 Å². The number of halogens is 1. The van der Waals surface area contributed by atoms with E-state index >= 15 is 0 Å². The number of aryl methyl sites for hydroxylation is 1. The molecule has 1 aliphatic heterocycles. The van der Waals surface area contributed by atoms with Crippen LogP contribution in [0.1, 0.15) is 5.56 Å². The van der Waals surface area contributed by atoms with Crippen LogP contribution in [0.5, 0.6) is 0 Å². The molecule has 3 aromatic rings. The average molecular weight is 447 g/mol. The number of hydrogen-bond acceptors (Lipinski definition) is 6. The first-order valence-electron chi connectivity index (χ1n) is 9.32. The molecule has 156 valence electrons. The van der Waals surface area contributed by atoms with Gasteiger partial charge in [0.15, 0.2) is 0 Å². The zero-order chi connectivity index (χ0) is 21.5. The first kappa shape index (κ1) is 20.5. The van der Waals surface area contributed by atoms with Gasteiger partial charge in [0.2, 0.25) is 10.0 Å². The van der Waals surface area contributed by atoms with Crippen molar-refractivity contribution in [3.63, 3.8) is 0 Å². The van der Waals surface area contributed by atoms with E-state index in [4.69, 9.17) is 11.6 Å². The molecule has 1 aliphatic rings. The molecule has 0 unspecified atom stereocenters. The SMILES string of the molecule is Cc1cnc2c(S(=O)(=O)N3CCN(c4ccc(Cl)cc4[N+](=O)[O-])CC3)cccc2c1. The van der Waals surface area contributed by atoms with Crippen LogP contribution in [0.2, 0.25) is 5.02 Å². The predicted molar refractivity (Wildman–Crippen MR) is 116 cm³/mol. The molecule has 0 amide bonds. The zero-order valence-electron chi connectivity index (χ0n) is 16.2. The molecule has 0 radical (unpaired) electrons. The van der Waals surface area contributed by atoms with Gasteiger partial charge < -0.3 is 4.90 Å². The van der Waals surface area contributed by atoms with Crippen LogP contribution in [0.4, 0.5) is 11.4 Å². The molecule has 2 aromatic carbocycles. The molecule has 1 fully saturated rings. The standard InChI is InChI=1S/C20H19ClN4O4S/c1-14-11-15-3-2-4-19(20(15)22-13-14)30(28,29)24-9-7-23(8-10-24)17-6-5-16(21)12-18(17)25(26)27/h2-6,11-13H,7-10H2,1H3. The van der Waals surface area contributed by atoms with E-state index in [0.29, 0.717) is 24.3 Å². The number of nitro groups is 1. The normalized spacial score (nSPS) is 15.5. The molecule has 10 heteroatoms. The number of benzene rings is 2. The molecule has 0 spiro atoms. The first-order chi connectivity index (χ1) is 14.3. The maximum absolute atomic E-state index is 13.3. The van der Waals surface area contributed by atoms with E-state index < -0.39 is 14.9 Å². The summed E-state index contributed by atoms with van der Waals surface area (Å²) in [5, 5.41) is 12.4. The maximum Gasteiger partial charge on any atom is 0.294 e. The van der Waals surface area contributed by atoms with Crippen LogP contribution in [-0.2, 0) is 10.0 Å². The summed E-state index contributed by atoms with van der Waals surface area (Å²) in [6.45, 7) is 3.00. The van der Waals surface area contributed by atoms with E-state index in [1.54, 1.807) is 30.5 Å². The molecular weight excluding hydrogens is 428 g/mol. The van der Waals surface area contributed by atoms with Crippen molar-refractivity contribution in [1.29, 1.82) is 0 Å². The third kappa shape index (κ3) is 3.71. The molecule has 4 rings (SSSR count). The highest BCUT2D eigenvalue weighted by Gasteiger charge is 2.32. The van der Waals surface area contributed by atoms with Gasteiger partial charge in [-0.1, -0.05) is 23.7 Å². The van der Waals surface area contributed by atoms with Crippen LogP contribution in [0, 0.1) is 17.0 Å². The molecule has 1 saturated heterocycles. The monoisotopic (exact) mass is 446 g/mol. The second-order valence-corrected chi connectivity index (χ2v) is 9.46. The number of anilines is 1. The first-order valence-corrected chi connectivity index (χ1v) is 11.1. The lowest BCUT2D eigenvalue weighted by molar-refractivity contribution is -0.384. The van der Waals surface area contributed by atoms with Crippen LogP contribution in [0.25, 0.3) is 10.9 Å². The maximum atomic E-state index is 13.3. The Balaban J connectivity index is 1.60. The molecule has 30 heavy (non-hydrogen) atoms. The second kappa shape index (κ2) is 7.82. The molecule has 0 saturated carbocycles. The van der Waals surface area contributed by atoms with Crippen molar-refractivity contribution in [2.45, 2.75) is 11.8 Å². The largest absolute Gasteiger partial charge is 0.363 e. The predicted octanol–water partition coefficient (Wildman–Crippen LogP) is 3.62. The topological polar surface area (TPSA) is 96.7 Å². The third-order valence-corrected chi connectivity index (χ3v) is 7.31. The Bertz CT molecular complexity index is 1240. The second-order valence-electron chi connectivity index (χ2n) is 7.12. The fraction of sp³-hybridized carbons (Fsp3) is 0.250.